The molecule has 2 rings (SSSR count). The Balaban J connectivity index is 2.32. The Morgan fingerprint density at radius 1 is 1.39 bits per heavy atom. The Hall–Kier alpha value is -1.72. The zero-order valence-electron chi connectivity index (χ0n) is 10.8. The summed E-state index contributed by atoms with van der Waals surface area (Å²) in [5.74, 6) is 0.963. The van der Waals surface area contributed by atoms with E-state index in [1.165, 1.54) is 5.56 Å². The standard InChI is InChI=1S/C13H17N3O2/c1-8-5-4-6-10(9(8)2)13-15-12(16-18-13)11(14)7-17-3/h4-6,11H,7,14H2,1-3H3. The molecule has 0 aliphatic rings. The number of benzene rings is 1. The summed E-state index contributed by atoms with van der Waals surface area (Å²) < 4.78 is 10.2. The van der Waals surface area contributed by atoms with Gasteiger partial charge in [-0.1, -0.05) is 17.3 Å². The van der Waals surface area contributed by atoms with E-state index < -0.39 is 0 Å². The molecule has 1 unspecified atom stereocenters. The van der Waals surface area contributed by atoms with E-state index in [0.29, 0.717) is 18.3 Å². The van der Waals surface area contributed by atoms with Crippen molar-refractivity contribution in [2.45, 2.75) is 19.9 Å². The van der Waals surface area contributed by atoms with E-state index in [1.807, 2.05) is 32.0 Å². The van der Waals surface area contributed by atoms with Gasteiger partial charge in [-0.2, -0.15) is 4.98 Å². The van der Waals surface area contributed by atoms with Gasteiger partial charge in [0, 0.05) is 12.7 Å². The summed E-state index contributed by atoms with van der Waals surface area (Å²) in [5.41, 5.74) is 9.12. The third-order valence-corrected chi connectivity index (χ3v) is 2.95. The molecule has 2 aromatic rings. The number of aromatic nitrogens is 2. The highest BCUT2D eigenvalue weighted by atomic mass is 16.5. The van der Waals surface area contributed by atoms with Crippen molar-refractivity contribution in [3.8, 4) is 11.5 Å². The molecule has 5 heteroatoms. The zero-order chi connectivity index (χ0) is 13.1. The summed E-state index contributed by atoms with van der Waals surface area (Å²) in [4.78, 5) is 4.32. The van der Waals surface area contributed by atoms with Gasteiger partial charge in [0.1, 0.15) is 0 Å². The van der Waals surface area contributed by atoms with E-state index in [4.69, 9.17) is 15.0 Å². The van der Waals surface area contributed by atoms with Gasteiger partial charge < -0.3 is 15.0 Å². The summed E-state index contributed by atoms with van der Waals surface area (Å²) in [6.07, 6.45) is 0. The van der Waals surface area contributed by atoms with E-state index in [9.17, 15) is 0 Å². The highest BCUT2D eigenvalue weighted by molar-refractivity contribution is 5.60. The van der Waals surface area contributed by atoms with E-state index in [1.54, 1.807) is 7.11 Å². The molecule has 96 valence electrons. The van der Waals surface area contributed by atoms with Crippen molar-refractivity contribution in [1.82, 2.24) is 10.1 Å². The van der Waals surface area contributed by atoms with Crippen LogP contribution in [0.4, 0.5) is 0 Å². The molecule has 0 fully saturated rings. The quantitative estimate of drug-likeness (QED) is 0.894. The maximum atomic E-state index is 5.85. The molecule has 1 aromatic heterocycles. The van der Waals surface area contributed by atoms with Gasteiger partial charge in [0.15, 0.2) is 5.82 Å². The molecule has 0 saturated heterocycles. The molecule has 1 atom stereocenters. The van der Waals surface area contributed by atoms with Gasteiger partial charge in [0.05, 0.1) is 12.6 Å². The van der Waals surface area contributed by atoms with Crippen molar-refractivity contribution < 1.29 is 9.26 Å². The van der Waals surface area contributed by atoms with E-state index in [0.717, 1.165) is 11.1 Å². The molecule has 0 saturated carbocycles. The number of hydrogen-bond donors (Lipinski definition) is 1. The molecule has 2 N–H and O–H groups in total. The van der Waals surface area contributed by atoms with Gasteiger partial charge in [-0.3, -0.25) is 0 Å². The lowest BCUT2D eigenvalue weighted by Crippen LogP contribution is -2.17. The number of hydrogen-bond acceptors (Lipinski definition) is 5. The summed E-state index contributed by atoms with van der Waals surface area (Å²) in [6, 6.07) is 5.61. The molecule has 0 amide bonds. The van der Waals surface area contributed by atoms with Crippen LogP contribution in [-0.4, -0.2) is 23.9 Å². The van der Waals surface area contributed by atoms with Crippen LogP contribution in [0, 0.1) is 13.8 Å². The van der Waals surface area contributed by atoms with Gasteiger partial charge >= 0.3 is 0 Å². The van der Waals surface area contributed by atoms with Gasteiger partial charge in [-0.25, -0.2) is 0 Å². The van der Waals surface area contributed by atoms with Crippen molar-refractivity contribution in [3.05, 3.63) is 35.2 Å². The van der Waals surface area contributed by atoms with Gasteiger partial charge in [-0.15, -0.1) is 0 Å². The van der Waals surface area contributed by atoms with Gasteiger partial charge in [-0.05, 0) is 31.0 Å². The van der Waals surface area contributed by atoms with Crippen molar-refractivity contribution in [2.75, 3.05) is 13.7 Å². The average Bonchev–Trinajstić information content (AvgIpc) is 2.82. The molecule has 0 aliphatic heterocycles. The predicted molar refractivity (Wildman–Crippen MR) is 68.0 cm³/mol. The van der Waals surface area contributed by atoms with Crippen molar-refractivity contribution in [2.24, 2.45) is 5.73 Å². The lowest BCUT2D eigenvalue weighted by molar-refractivity contribution is 0.177. The highest BCUT2D eigenvalue weighted by Crippen LogP contribution is 2.24. The average molecular weight is 247 g/mol. The first-order chi connectivity index (χ1) is 8.63. The van der Waals surface area contributed by atoms with Crippen LogP contribution in [0.3, 0.4) is 0 Å². The molecule has 18 heavy (non-hydrogen) atoms. The Morgan fingerprint density at radius 3 is 2.89 bits per heavy atom. The van der Waals surface area contributed by atoms with Crippen LogP contribution in [0.25, 0.3) is 11.5 Å². The largest absolute Gasteiger partial charge is 0.383 e. The second-order valence-electron chi connectivity index (χ2n) is 4.27. The summed E-state index contributed by atoms with van der Waals surface area (Å²) in [5, 5.41) is 3.89. The monoisotopic (exact) mass is 247 g/mol. The molecule has 0 spiro atoms. The van der Waals surface area contributed by atoms with E-state index >= 15 is 0 Å². The predicted octanol–water partition coefficient (Wildman–Crippen LogP) is 2.00. The van der Waals surface area contributed by atoms with E-state index in [2.05, 4.69) is 10.1 Å². The Morgan fingerprint density at radius 2 is 2.17 bits per heavy atom. The maximum Gasteiger partial charge on any atom is 0.258 e. The second-order valence-corrected chi connectivity index (χ2v) is 4.27. The molecule has 0 aliphatic carbocycles. The second kappa shape index (κ2) is 5.29. The van der Waals surface area contributed by atoms with Crippen molar-refractivity contribution in [1.29, 1.82) is 0 Å². The fraction of sp³-hybridized carbons (Fsp3) is 0.385. The Labute approximate surface area is 106 Å². The van der Waals surface area contributed by atoms with Crippen LogP contribution < -0.4 is 5.73 Å². The fourth-order valence-corrected chi connectivity index (χ4v) is 1.73. The minimum absolute atomic E-state index is 0.363. The molecular formula is C13H17N3O2. The summed E-state index contributed by atoms with van der Waals surface area (Å²) in [7, 11) is 1.59. The fourth-order valence-electron chi connectivity index (χ4n) is 1.73. The maximum absolute atomic E-state index is 5.85. The number of aryl methyl sites for hydroxylation is 1. The summed E-state index contributed by atoms with van der Waals surface area (Å²) in [6.45, 7) is 4.45. The van der Waals surface area contributed by atoms with Crippen LogP contribution in [0.5, 0.6) is 0 Å². The first-order valence-corrected chi connectivity index (χ1v) is 5.78. The zero-order valence-corrected chi connectivity index (χ0v) is 10.8. The molecule has 0 bridgehead atoms. The number of methoxy groups -OCH3 is 1. The molecular weight excluding hydrogens is 230 g/mol. The number of nitrogens with zero attached hydrogens (tertiary/aromatic N) is 2. The normalized spacial score (nSPS) is 12.7. The molecule has 5 nitrogen and oxygen atoms in total. The number of rotatable bonds is 4. The highest BCUT2D eigenvalue weighted by Gasteiger charge is 2.16. The lowest BCUT2D eigenvalue weighted by Gasteiger charge is -2.04. The van der Waals surface area contributed by atoms with Crippen LogP contribution >= 0.6 is 0 Å². The Bertz CT molecular complexity index is 537. The third-order valence-electron chi connectivity index (χ3n) is 2.95. The number of ether oxygens (including phenoxy) is 1. The van der Waals surface area contributed by atoms with Crippen molar-refractivity contribution in [3.63, 3.8) is 0 Å². The topological polar surface area (TPSA) is 74.2 Å². The number of nitrogens with two attached hydrogens (primary N) is 1. The van der Waals surface area contributed by atoms with E-state index in [-0.39, 0.29) is 6.04 Å². The van der Waals surface area contributed by atoms with Crippen LogP contribution in [-0.2, 0) is 4.74 Å². The molecule has 0 radical (unpaired) electrons. The smallest absolute Gasteiger partial charge is 0.258 e. The minimum atomic E-state index is -0.363. The first kappa shape index (κ1) is 12.7. The van der Waals surface area contributed by atoms with Gasteiger partial charge in [0.2, 0.25) is 0 Å². The minimum Gasteiger partial charge on any atom is -0.383 e. The lowest BCUT2D eigenvalue weighted by atomic mass is 10.0. The van der Waals surface area contributed by atoms with Crippen LogP contribution in [0.1, 0.15) is 23.0 Å². The van der Waals surface area contributed by atoms with Crippen molar-refractivity contribution >= 4 is 0 Å². The molecule has 1 heterocycles. The summed E-state index contributed by atoms with van der Waals surface area (Å²) >= 11 is 0. The molecule has 1 aromatic carbocycles. The SMILES string of the molecule is COCC(N)c1noc(-c2cccc(C)c2C)n1. The Kier molecular flexibility index (Phi) is 3.74. The van der Waals surface area contributed by atoms with Gasteiger partial charge in [0.25, 0.3) is 5.89 Å². The van der Waals surface area contributed by atoms with Crippen LogP contribution in [0.15, 0.2) is 22.7 Å². The first-order valence-electron chi connectivity index (χ1n) is 5.78. The van der Waals surface area contributed by atoms with Crippen LogP contribution in [0.2, 0.25) is 0 Å². The third kappa shape index (κ3) is 2.42.